The fourth-order valence-electron chi connectivity index (χ4n) is 1.70. The van der Waals surface area contributed by atoms with Crippen LogP contribution in [0.25, 0.3) is 0 Å². The molecule has 1 aromatic heterocycles. The van der Waals surface area contributed by atoms with Crippen LogP contribution in [0.1, 0.15) is 5.56 Å². The van der Waals surface area contributed by atoms with Crippen molar-refractivity contribution in [2.24, 2.45) is 0 Å². The second-order valence-corrected chi connectivity index (χ2v) is 3.83. The van der Waals surface area contributed by atoms with Gasteiger partial charge in [-0.15, -0.1) is 0 Å². The molecule has 0 amide bonds. The Bertz CT molecular complexity index is 743. The summed E-state index contributed by atoms with van der Waals surface area (Å²) in [6.07, 6.45) is 1.12. The van der Waals surface area contributed by atoms with Gasteiger partial charge in [0.05, 0.1) is 10.6 Å². The Morgan fingerprint density at radius 3 is 2.71 bits per heavy atom. The standard InChI is InChI=1S/C12H9FN6O2/c1-15-11-10(19(20)21)12(17-6-16-11)18-9-4-2-3-8(13)7(9)5-14/h2-4,6H,1H3,(H2,15,16,17,18). The van der Waals surface area contributed by atoms with E-state index >= 15 is 0 Å². The zero-order chi connectivity index (χ0) is 15.4. The summed E-state index contributed by atoms with van der Waals surface area (Å²) < 4.78 is 13.5. The Morgan fingerprint density at radius 1 is 1.38 bits per heavy atom. The Kier molecular flexibility index (Phi) is 3.90. The van der Waals surface area contributed by atoms with E-state index in [0.29, 0.717) is 0 Å². The van der Waals surface area contributed by atoms with Crippen LogP contribution in [0.5, 0.6) is 0 Å². The van der Waals surface area contributed by atoms with Crippen LogP contribution in [-0.2, 0) is 0 Å². The number of aromatic nitrogens is 2. The number of halogens is 1. The molecule has 21 heavy (non-hydrogen) atoms. The summed E-state index contributed by atoms with van der Waals surface area (Å²) in [4.78, 5) is 18.0. The number of benzene rings is 1. The number of nitro groups is 1. The van der Waals surface area contributed by atoms with Crippen LogP contribution in [0.15, 0.2) is 24.5 Å². The minimum absolute atomic E-state index is 0.00686. The number of anilines is 3. The Hall–Kier alpha value is -3.28. The number of nitriles is 1. The first-order chi connectivity index (χ1) is 10.1. The maximum atomic E-state index is 13.5. The lowest BCUT2D eigenvalue weighted by atomic mass is 10.2. The third kappa shape index (κ3) is 2.69. The summed E-state index contributed by atoms with van der Waals surface area (Å²) in [5.74, 6) is -0.859. The molecule has 0 fully saturated rings. The summed E-state index contributed by atoms with van der Waals surface area (Å²) in [6, 6.07) is 5.62. The lowest BCUT2D eigenvalue weighted by Crippen LogP contribution is -2.06. The van der Waals surface area contributed by atoms with E-state index in [-0.39, 0.29) is 22.9 Å². The Labute approximate surface area is 118 Å². The summed E-state index contributed by atoms with van der Waals surface area (Å²) in [5.41, 5.74) is -0.564. The third-order valence-electron chi connectivity index (χ3n) is 2.62. The summed E-state index contributed by atoms with van der Waals surface area (Å²) in [5, 5.41) is 25.2. The summed E-state index contributed by atoms with van der Waals surface area (Å²) in [6.45, 7) is 0. The van der Waals surface area contributed by atoms with Gasteiger partial charge in [-0.2, -0.15) is 5.26 Å². The molecule has 0 aliphatic heterocycles. The van der Waals surface area contributed by atoms with E-state index < -0.39 is 16.4 Å². The predicted octanol–water partition coefficient (Wildman–Crippen LogP) is 2.18. The van der Waals surface area contributed by atoms with Gasteiger partial charge in [-0.25, -0.2) is 14.4 Å². The van der Waals surface area contributed by atoms with Gasteiger partial charge in [0.2, 0.25) is 11.6 Å². The maximum absolute atomic E-state index is 13.5. The van der Waals surface area contributed by atoms with E-state index in [9.17, 15) is 14.5 Å². The van der Waals surface area contributed by atoms with Gasteiger partial charge in [-0.1, -0.05) is 6.07 Å². The quantitative estimate of drug-likeness (QED) is 0.654. The number of nitrogens with zero attached hydrogens (tertiary/aromatic N) is 4. The third-order valence-corrected chi connectivity index (χ3v) is 2.62. The molecule has 0 aliphatic carbocycles. The van der Waals surface area contributed by atoms with Crippen LogP contribution in [0.3, 0.4) is 0 Å². The van der Waals surface area contributed by atoms with Crippen LogP contribution in [0, 0.1) is 27.3 Å². The molecule has 0 radical (unpaired) electrons. The van der Waals surface area contributed by atoms with Crippen molar-refractivity contribution in [3.63, 3.8) is 0 Å². The highest BCUT2D eigenvalue weighted by molar-refractivity contribution is 5.75. The Balaban J connectivity index is 2.53. The zero-order valence-corrected chi connectivity index (χ0v) is 10.8. The molecule has 0 unspecified atom stereocenters. The van der Waals surface area contributed by atoms with E-state index in [1.165, 1.54) is 19.2 Å². The number of hydrogen-bond acceptors (Lipinski definition) is 7. The summed E-state index contributed by atoms with van der Waals surface area (Å²) in [7, 11) is 1.47. The molecule has 2 N–H and O–H groups in total. The van der Waals surface area contributed by atoms with Crippen LogP contribution in [-0.4, -0.2) is 21.9 Å². The average Bonchev–Trinajstić information content (AvgIpc) is 2.47. The fourth-order valence-corrected chi connectivity index (χ4v) is 1.70. The molecule has 0 saturated heterocycles. The van der Waals surface area contributed by atoms with Gasteiger partial charge in [0, 0.05) is 7.05 Å². The molecular weight excluding hydrogens is 279 g/mol. The van der Waals surface area contributed by atoms with E-state index in [1.54, 1.807) is 6.07 Å². The van der Waals surface area contributed by atoms with Gasteiger partial charge >= 0.3 is 5.69 Å². The van der Waals surface area contributed by atoms with Gasteiger partial charge in [0.25, 0.3) is 0 Å². The molecular formula is C12H9FN6O2. The fraction of sp³-hybridized carbons (Fsp3) is 0.0833. The molecule has 9 heteroatoms. The molecule has 1 heterocycles. The number of nitrogens with one attached hydrogen (secondary N) is 2. The van der Waals surface area contributed by atoms with Gasteiger partial charge < -0.3 is 10.6 Å². The van der Waals surface area contributed by atoms with Crippen molar-refractivity contribution in [1.82, 2.24) is 9.97 Å². The van der Waals surface area contributed by atoms with Gasteiger partial charge in [0.15, 0.2) is 0 Å². The molecule has 8 nitrogen and oxygen atoms in total. The first-order valence-corrected chi connectivity index (χ1v) is 5.71. The van der Waals surface area contributed by atoms with Crippen molar-refractivity contribution < 1.29 is 9.31 Å². The molecule has 0 spiro atoms. The molecule has 0 bridgehead atoms. The topological polar surface area (TPSA) is 117 Å². The van der Waals surface area contributed by atoms with E-state index in [2.05, 4.69) is 20.6 Å². The predicted molar refractivity (Wildman–Crippen MR) is 72.6 cm³/mol. The van der Waals surface area contributed by atoms with Crippen molar-refractivity contribution in [3.8, 4) is 6.07 Å². The van der Waals surface area contributed by atoms with Crippen LogP contribution in [0.4, 0.5) is 27.4 Å². The number of rotatable bonds is 4. The van der Waals surface area contributed by atoms with Gasteiger partial charge in [0.1, 0.15) is 23.8 Å². The minimum Gasteiger partial charge on any atom is -0.367 e. The normalized spacial score (nSPS) is 9.76. The monoisotopic (exact) mass is 288 g/mol. The molecule has 0 aliphatic rings. The molecule has 2 rings (SSSR count). The van der Waals surface area contributed by atoms with Crippen molar-refractivity contribution in [2.75, 3.05) is 17.7 Å². The first-order valence-electron chi connectivity index (χ1n) is 5.71. The van der Waals surface area contributed by atoms with Crippen LogP contribution in [0.2, 0.25) is 0 Å². The Morgan fingerprint density at radius 2 is 2.10 bits per heavy atom. The SMILES string of the molecule is CNc1ncnc(Nc2cccc(F)c2C#N)c1[N+](=O)[O-]. The van der Waals surface area contributed by atoms with E-state index in [1.807, 2.05) is 0 Å². The van der Waals surface area contributed by atoms with Crippen molar-refractivity contribution in [2.45, 2.75) is 0 Å². The van der Waals surface area contributed by atoms with Gasteiger partial charge in [-0.05, 0) is 12.1 Å². The van der Waals surface area contributed by atoms with E-state index in [4.69, 9.17) is 5.26 Å². The van der Waals surface area contributed by atoms with Gasteiger partial charge in [-0.3, -0.25) is 10.1 Å². The number of hydrogen-bond donors (Lipinski definition) is 2. The highest BCUT2D eigenvalue weighted by Crippen LogP contribution is 2.31. The van der Waals surface area contributed by atoms with Crippen LogP contribution < -0.4 is 10.6 Å². The van der Waals surface area contributed by atoms with Crippen LogP contribution >= 0.6 is 0 Å². The molecule has 1 aromatic carbocycles. The van der Waals surface area contributed by atoms with Crippen molar-refractivity contribution >= 4 is 23.0 Å². The lowest BCUT2D eigenvalue weighted by Gasteiger charge is -2.09. The molecule has 0 atom stereocenters. The van der Waals surface area contributed by atoms with E-state index in [0.717, 1.165) is 12.4 Å². The lowest BCUT2D eigenvalue weighted by molar-refractivity contribution is -0.383. The second kappa shape index (κ2) is 5.79. The first kappa shape index (κ1) is 14.1. The average molecular weight is 288 g/mol. The van der Waals surface area contributed by atoms with Crippen molar-refractivity contribution in [1.29, 1.82) is 5.26 Å². The molecule has 0 saturated carbocycles. The van der Waals surface area contributed by atoms with Crippen molar-refractivity contribution in [3.05, 3.63) is 46.0 Å². The maximum Gasteiger partial charge on any atom is 0.353 e. The highest BCUT2D eigenvalue weighted by Gasteiger charge is 2.23. The molecule has 2 aromatic rings. The minimum atomic E-state index is -0.729. The molecule has 106 valence electrons. The highest BCUT2D eigenvalue weighted by atomic mass is 19.1. The largest absolute Gasteiger partial charge is 0.367 e. The smallest absolute Gasteiger partial charge is 0.353 e. The summed E-state index contributed by atoms with van der Waals surface area (Å²) >= 11 is 0. The second-order valence-electron chi connectivity index (χ2n) is 3.83. The zero-order valence-electron chi connectivity index (χ0n) is 10.8.